The van der Waals surface area contributed by atoms with Gasteiger partial charge in [-0.25, -0.2) is 14.8 Å². The minimum atomic E-state index is -0.930. The van der Waals surface area contributed by atoms with Gasteiger partial charge in [-0.2, -0.15) is 0 Å². The number of carbonyl (C=O) groups excluding carboxylic acids is 3. The number of methoxy groups -OCH3 is 1. The first kappa shape index (κ1) is 18.9. The number of aromatic nitrogens is 2. The van der Waals surface area contributed by atoms with Crippen LogP contribution in [0.4, 0.5) is 4.79 Å². The van der Waals surface area contributed by atoms with Crippen LogP contribution in [-0.2, 0) is 11.3 Å². The molecule has 0 atom stereocenters. The van der Waals surface area contributed by atoms with E-state index in [2.05, 4.69) is 15.3 Å². The van der Waals surface area contributed by atoms with Gasteiger partial charge in [-0.3, -0.25) is 14.9 Å². The number of imide groups is 1. The topological polar surface area (TPSA) is 105 Å². The Balaban J connectivity index is 1.49. The van der Waals surface area contributed by atoms with E-state index in [9.17, 15) is 14.4 Å². The van der Waals surface area contributed by atoms with E-state index in [-0.39, 0.29) is 23.9 Å². The summed E-state index contributed by atoms with van der Waals surface area (Å²) in [5.74, 6) is -0.500. The van der Waals surface area contributed by atoms with Gasteiger partial charge in [-0.05, 0) is 18.4 Å². The molecular formula is C20H21N5O4. The van der Waals surface area contributed by atoms with Gasteiger partial charge < -0.3 is 14.5 Å². The highest BCUT2D eigenvalue weighted by atomic mass is 16.5. The van der Waals surface area contributed by atoms with Gasteiger partial charge in [0.25, 0.3) is 11.8 Å². The molecule has 4 amide bonds. The number of urea groups is 1. The van der Waals surface area contributed by atoms with E-state index in [0.29, 0.717) is 38.0 Å². The number of nitrogens with one attached hydrogen (secondary N) is 1. The van der Waals surface area contributed by atoms with Gasteiger partial charge >= 0.3 is 12.0 Å². The van der Waals surface area contributed by atoms with Crippen LogP contribution in [-0.4, -0.2) is 63.4 Å². The molecule has 9 nitrogen and oxygen atoms in total. The van der Waals surface area contributed by atoms with E-state index >= 15 is 0 Å². The number of carbonyl (C=O) groups is 3. The normalized spacial score (nSPS) is 18.1. The third-order valence-corrected chi connectivity index (χ3v) is 5.52. The molecule has 0 radical (unpaired) electrons. The Morgan fingerprint density at radius 2 is 1.79 bits per heavy atom. The maximum atomic E-state index is 12.7. The predicted molar refractivity (Wildman–Crippen MR) is 102 cm³/mol. The van der Waals surface area contributed by atoms with Crippen molar-refractivity contribution < 1.29 is 19.1 Å². The lowest BCUT2D eigenvalue weighted by molar-refractivity contribution is -0.129. The average molecular weight is 395 g/mol. The summed E-state index contributed by atoms with van der Waals surface area (Å²) in [5.41, 5.74) is 0.376. The third kappa shape index (κ3) is 3.39. The lowest BCUT2D eigenvalue weighted by atomic mass is 9.85. The van der Waals surface area contributed by atoms with Crippen LogP contribution >= 0.6 is 0 Å². The first-order chi connectivity index (χ1) is 14.0. The number of likely N-dealkylation sites (tertiary alicyclic amines) is 1. The first-order valence-electron chi connectivity index (χ1n) is 9.36. The van der Waals surface area contributed by atoms with Gasteiger partial charge in [0.15, 0.2) is 0 Å². The van der Waals surface area contributed by atoms with Gasteiger partial charge in [0.05, 0.1) is 12.7 Å². The van der Waals surface area contributed by atoms with Gasteiger partial charge in [0.2, 0.25) is 0 Å². The van der Waals surface area contributed by atoms with Crippen LogP contribution in [0.3, 0.4) is 0 Å². The van der Waals surface area contributed by atoms with Crippen molar-refractivity contribution in [1.82, 2.24) is 25.1 Å². The second kappa shape index (κ2) is 7.50. The lowest BCUT2D eigenvalue weighted by Crippen LogP contribution is -2.57. The van der Waals surface area contributed by atoms with Crippen LogP contribution in [0.15, 0.2) is 42.7 Å². The zero-order chi connectivity index (χ0) is 20.4. The summed E-state index contributed by atoms with van der Waals surface area (Å²) in [6.07, 6.45) is 3.60. The Morgan fingerprint density at radius 1 is 1.14 bits per heavy atom. The van der Waals surface area contributed by atoms with Crippen LogP contribution < -0.4 is 10.1 Å². The number of hydrogen-bond acceptors (Lipinski definition) is 6. The molecule has 1 N–H and O–H groups in total. The number of amides is 4. The largest absolute Gasteiger partial charge is 0.467 e. The fourth-order valence-corrected chi connectivity index (χ4v) is 3.88. The summed E-state index contributed by atoms with van der Waals surface area (Å²) in [6, 6.07) is 9.35. The monoisotopic (exact) mass is 395 g/mol. The molecule has 0 bridgehead atoms. The Bertz CT molecular complexity index is 924. The van der Waals surface area contributed by atoms with E-state index in [1.165, 1.54) is 19.5 Å². The summed E-state index contributed by atoms with van der Waals surface area (Å²) in [4.78, 5) is 49.1. The van der Waals surface area contributed by atoms with Crippen LogP contribution in [0.25, 0.3) is 0 Å². The molecule has 1 spiro atoms. The average Bonchev–Trinajstić information content (AvgIpc) is 2.98. The van der Waals surface area contributed by atoms with Crippen molar-refractivity contribution in [2.75, 3.05) is 20.2 Å². The minimum Gasteiger partial charge on any atom is -0.467 e. The fraction of sp³-hybridized carbons (Fsp3) is 0.350. The van der Waals surface area contributed by atoms with Gasteiger partial charge in [-0.15, -0.1) is 0 Å². The van der Waals surface area contributed by atoms with Crippen LogP contribution in [0.2, 0.25) is 0 Å². The van der Waals surface area contributed by atoms with Gasteiger partial charge in [0, 0.05) is 32.0 Å². The van der Waals surface area contributed by atoms with Crippen molar-refractivity contribution >= 4 is 17.8 Å². The molecule has 2 aromatic rings. The summed E-state index contributed by atoms with van der Waals surface area (Å²) in [5, 5.41) is 2.45. The van der Waals surface area contributed by atoms with Crippen molar-refractivity contribution in [3.05, 3.63) is 53.9 Å². The maximum absolute atomic E-state index is 12.7. The molecular weight excluding hydrogens is 374 g/mol. The zero-order valence-electron chi connectivity index (χ0n) is 16.0. The zero-order valence-corrected chi connectivity index (χ0v) is 16.0. The second-order valence-corrected chi connectivity index (χ2v) is 7.11. The summed E-state index contributed by atoms with van der Waals surface area (Å²) < 4.78 is 4.91. The third-order valence-electron chi connectivity index (χ3n) is 5.52. The number of nitrogens with zero attached hydrogens (tertiary/aromatic N) is 4. The molecule has 0 saturated carbocycles. The molecule has 4 rings (SSSR count). The SMILES string of the molecule is COc1ncc(C(=O)N2CCC3(CC2)C(=O)NC(=O)N3Cc2ccccc2)cn1. The van der Waals surface area contributed by atoms with Gasteiger partial charge in [-0.1, -0.05) is 30.3 Å². The van der Waals surface area contributed by atoms with Crippen molar-refractivity contribution in [2.45, 2.75) is 24.9 Å². The molecule has 150 valence electrons. The smallest absolute Gasteiger partial charge is 0.325 e. The summed E-state index contributed by atoms with van der Waals surface area (Å²) in [6.45, 7) is 1.06. The van der Waals surface area contributed by atoms with Crippen molar-refractivity contribution in [3.8, 4) is 6.01 Å². The summed E-state index contributed by atoms with van der Waals surface area (Å²) >= 11 is 0. The maximum Gasteiger partial charge on any atom is 0.325 e. The Hall–Kier alpha value is -3.49. The van der Waals surface area contributed by atoms with E-state index in [0.717, 1.165) is 5.56 Å². The molecule has 9 heteroatoms. The molecule has 1 aromatic carbocycles. The van der Waals surface area contributed by atoms with E-state index in [1.807, 2.05) is 30.3 Å². The van der Waals surface area contributed by atoms with Crippen molar-refractivity contribution in [1.29, 1.82) is 0 Å². The highest BCUT2D eigenvalue weighted by molar-refractivity contribution is 6.07. The molecule has 0 unspecified atom stereocenters. The molecule has 1 aromatic heterocycles. The molecule has 2 saturated heterocycles. The second-order valence-electron chi connectivity index (χ2n) is 7.11. The highest BCUT2D eigenvalue weighted by Crippen LogP contribution is 2.35. The molecule has 2 aliphatic rings. The van der Waals surface area contributed by atoms with E-state index < -0.39 is 5.54 Å². The van der Waals surface area contributed by atoms with E-state index in [4.69, 9.17) is 4.74 Å². The quantitative estimate of drug-likeness (QED) is 0.781. The fourth-order valence-electron chi connectivity index (χ4n) is 3.88. The van der Waals surface area contributed by atoms with Crippen LogP contribution in [0.5, 0.6) is 6.01 Å². The van der Waals surface area contributed by atoms with Crippen molar-refractivity contribution in [3.63, 3.8) is 0 Å². The molecule has 29 heavy (non-hydrogen) atoms. The highest BCUT2D eigenvalue weighted by Gasteiger charge is 2.54. The van der Waals surface area contributed by atoms with Gasteiger partial charge in [0.1, 0.15) is 5.54 Å². The molecule has 3 heterocycles. The van der Waals surface area contributed by atoms with E-state index in [1.54, 1.807) is 9.80 Å². The van der Waals surface area contributed by atoms with Crippen LogP contribution in [0, 0.1) is 0 Å². The number of rotatable bonds is 4. The Kier molecular flexibility index (Phi) is 4.87. The summed E-state index contributed by atoms with van der Waals surface area (Å²) in [7, 11) is 1.45. The number of benzene rings is 1. The molecule has 2 fully saturated rings. The predicted octanol–water partition coefficient (Wildman–Crippen LogP) is 1.21. The standard InChI is InChI=1S/C20H21N5O4/c1-29-18-21-11-15(12-22-18)16(26)24-9-7-20(8-10-24)17(27)23-19(28)25(20)13-14-5-3-2-4-6-14/h2-6,11-12H,7-10,13H2,1H3,(H,23,27,28). The molecule has 0 aliphatic carbocycles. The Labute approximate surface area is 167 Å². The van der Waals surface area contributed by atoms with Crippen LogP contribution in [0.1, 0.15) is 28.8 Å². The Morgan fingerprint density at radius 3 is 2.41 bits per heavy atom. The number of piperidine rings is 1. The number of ether oxygens (including phenoxy) is 1. The number of hydrogen-bond donors (Lipinski definition) is 1. The minimum absolute atomic E-state index is 0.192. The van der Waals surface area contributed by atoms with Crippen molar-refractivity contribution in [2.24, 2.45) is 0 Å². The molecule has 2 aliphatic heterocycles. The first-order valence-corrected chi connectivity index (χ1v) is 9.36. The lowest BCUT2D eigenvalue weighted by Gasteiger charge is -2.42.